The van der Waals surface area contributed by atoms with Crippen LogP contribution in [0.15, 0.2) is 51.6 Å². The van der Waals surface area contributed by atoms with Crippen LogP contribution >= 0.6 is 15.9 Å². The van der Waals surface area contributed by atoms with Crippen LogP contribution in [0.2, 0.25) is 0 Å². The van der Waals surface area contributed by atoms with E-state index < -0.39 is 0 Å². The lowest BCUT2D eigenvalue weighted by Crippen LogP contribution is -1.92. The molecule has 2 N–H and O–H groups in total. The molecule has 0 aliphatic carbocycles. The number of nitrogen functional groups attached to an aromatic ring is 1. The third-order valence-corrected chi connectivity index (χ3v) is 3.44. The van der Waals surface area contributed by atoms with Gasteiger partial charge >= 0.3 is 0 Å². The fourth-order valence-electron chi connectivity index (χ4n) is 1.91. The van der Waals surface area contributed by atoms with E-state index in [1.54, 1.807) is 6.20 Å². The van der Waals surface area contributed by atoms with Crippen LogP contribution in [0.4, 0.5) is 5.82 Å². The Balaban J connectivity index is 2.01. The second kappa shape index (κ2) is 5.09. The van der Waals surface area contributed by atoms with E-state index in [-0.39, 0.29) is 0 Å². The average Bonchev–Trinajstić information content (AvgIpc) is 2.92. The molecule has 4 nitrogen and oxygen atoms in total. The van der Waals surface area contributed by atoms with E-state index in [0.717, 1.165) is 21.3 Å². The van der Waals surface area contributed by atoms with Gasteiger partial charge in [0.05, 0.1) is 5.56 Å². The van der Waals surface area contributed by atoms with Gasteiger partial charge in [-0.1, -0.05) is 35.0 Å². The van der Waals surface area contributed by atoms with Crippen molar-refractivity contribution in [2.75, 3.05) is 5.73 Å². The van der Waals surface area contributed by atoms with Crippen molar-refractivity contribution < 1.29 is 4.52 Å². The molecule has 1 aromatic carbocycles. The van der Waals surface area contributed by atoms with Gasteiger partial charge in [0.2, 0.25) is 0 Å². The first-order valence-electron chi connectivity index (χ1n) is 6.08. The zero-order valence-corrected chi connectivity index (χ0v) is 12.4. The molecule has 3 aromatic rings. The molecule has 0 fully saturated rings. The molecule has 0 unspecified atom stereocenters. The summed E-state index contributed by atoms with van der Waals surface area (Å²) in [6, 6.07) is 11.8. The van der Waals surface area contributed by atoms with Gasteiger partial charge in [0, 0.05) is 22.3 Å². The van der Waals surface area contributed by atoms with Gasteiger partial charge in [0.25, 0.3) is 0 Å². The third-order valence-electron chi connectivity index (χ3n) is 3.01. The van der Waals surface area contributed by atoms with E-state index in [0.29, 0.717) is 11.6 Å². The summed E-state index contributed by atoms with van der Waals surface area (Å²) in [5, 5.41) is 4.09. The Labute approximate surface area is 124 Å². The van der Waals surface area contributed by atoms with Gasteiger partial charge in [-0.2, -0.15) is 0 Å². The lowest BCUT2D eigenvalue weighted by Gasteiger charge is -2.00. The number of hydrogen-bond donors (Lipinski definition) is 1. The molecule has 0 atom stereocenters. The number of nitrogens with zero attached hydrogens (tertiary/aromatic N) is 2. The minimum Gasteiger partial charge on any atom is -0.383 e. The van der Waals surface area contributed by atoms with Crippen LogP contribution in [-0.4, -0.2) is 10.1 Å². The molecule has 100 valence electrons. The summed E-state index contributed by atoms with van der Waals surface area (Å²) in [5.41, 5.74) is 9.59. The maximum Gasteiger partial charge on any atom is 0.171 e. The molecule has 0 aliphatic rings. The predicted molar refractivity (Wildman–Crippen MR) is 82.0 cm³/mol. The van der Waals surface area contributed by atoms with Crippen molar-refractivity contribution in [3.8, 4) is 22.6 Å². The highest BCUT2D eigenvalue weighted by Gasteiger charge is 2.12. The van der Waals surface area contributed by atoms with Crippen LogP contribution in [0.5, 0.6) is 0 Å². The Hall–Kier alpha value is -2.14. The van der Waals surface area contributed by atoms with Crippen molar-refractivity contribution in [2.45, 2.75) is 6.92 Å². The van der Waals surface area contributed by atoms with E-state index in [1.807, 2.05) is 43.3 Å². The van der Waals surface area contributed by atoms with Crippen LogP contribution in [0.1, 0.15) is 5.56 Å². The largest absolute Gasteiger partial charge is 0.383 e. The first-order valence-corrected chi connectivity index (χ1v) is 6.88. The van der Waals surface area contributed by atoms with E-state index in [9.17, 15) is 0 Å². The first-order chi connectivity index (χ1) is 9.63. The number of hydrogen-bond acceptors (Lipinski definition) is 4. The Kier molecular flexibility index (Phi) is 3.28. The summed E-state index contributed by atoms with van der Waals surface area (Å²) in [5.74, 6) is 1.02. The number of rotatable bonds is 2. The molecule has 20 heavy (non-hydrogen) atoms. The lowest BCUT2D eigenvalue weighted by molar-refractivity contribution is 0.435. The monoisotopic (exact) mass is 329 g/mol. The fraction of sp³-hybridized carbons (Fsp3) is 0.0667. The van der Waals surface area contributed by atoms with E-state index in [1.165, 1.54) is 5.56 Å². The number of anilines is 1. The minimum atomic E-state index is 0.416. The van der Waals surface area contributed by atoms with Gasteiger partial charge in [-0.3, -0.25) is 0 Å². The average molecular weight is 330 g/mol. The number of halogens is 1. The van der Waals surface area contributed by atoms with Crippen LogP contribution in [-0.2, 0) is 0 Å². The number of aromatic nitrogens is 2. The summed E-state index contributed by atoms with van der Waals surface area (Å²) in [6.07, 6.45) is 1.65. The molecule has 0 bridgehead atoms. The number of benzene rings is 1. The van der Waals surface area contributed by atoms with Crippen LogP contribution in [0.3, 0.4) is 0 Å². The fourth-order valence-corrected chi connectivity index (χ4v) is 2.24. The Bertz CT molecular complexity index is 750. The summed E-state index contributed by atoms with van der Waals surface area (Å²) >= 11 is 3.37. The summed E-state index contributed by atoms with van der Waals surface area (Å²) in [6.45, 7) is 2.05. The molecule has 2 aromatic heterocycles. The second-order valence-electron chi connectivity index (χ2n) is 4.53. The standard InChI is InChI=1S/C15H12BrN3O/c1-9-2-4-10(5-3-9)13-7-14(20-19-13)12-6-11(16)8-18-15(12)17/h2-8H,1H3,(H2,17,18). The molecule has 3 rings (SSSR count). The highest BCUT2D eigenvalue weighted by molar-refractivity contribution is 9.10. The summed E-state index contributed by atoms with van der Waals surface area (Å²) in [7, 11) is 0. The Morgan fingerprint density at radius 1 is 1.15 bits per heavy atom. The van der Waals surface area contributed by atoms with Crippen molar-refractivity contribution >= 4 is 21.7 Å². The molecule has 0 spiro atoms. The smallest absolute Gasteiger partial charge is 0.171 e. The highest BCUT2D eigenvalue weighted by Crippen LogP contribution is 2.30. The third kappa shape index (κ3) is 2.44. The molecule has 2 heterocycles. The maximum absolute atomic E-state index is 5.87. The zero-order chi connectivity index (χ0) is 14.1. The van der Waals surface area contributed by atoms with Gasteiger partial charge in [0.1, 0.15) is 11.5 Å². The normalized spacial score (nSPS) is 10.7. The Morgan fingerprint density at radius 2 is 1.90 bits per heavy atom. The molecule has 0 aliphatic heterocycles. The topological polar surface area (TPSA) is 64.9 Å². The predicted octanol–water partition coefficient (Wildman–Crippen LogP) is 4.06. The van der Waals surface area contributed by atoms with Crippen molar-refractivity contribution in [3.63, 3.8) is 0 Å². The molecule has 5 heteroatoms. The number of nitrogens with two attached hydrogens (primary N) is 1. The Morgan fingerprint density at radius 3 is 2.65 bits per heavy atom. The lowest BCUT2D eigenvalue weighted by atomic mass is 10.1. The van der Waals surface area contributed by atoms with E-state index in [4.69, 9.17) is 10.3 Å². The van der Waals surface area contributed by atoms with Gasteiger partial charge < -0.3 is 10.3 Å². The van der Waals surface area contributed by atoms with Crippen LogP contribution in [0, 0.1) is 6.92 Å². The SMILES string of the molecule is Cc1ccc(-c2cc(-c3cc(Br)cnc3N)on2)cc1. The molecule has 0 saturated heterocycles. The van der Waals surface area contributed by atoms with Crippen LogP contribution in [0.25, 0.3) is 22.6 Å². The maximum atomic E-state index is 5.87. The molecular weight excluding hydrogens is 318 g/mol. The number of pyridine rings is 1. The zero-order valence-electron chi connectivity index (χ0n) is 10.8. The van der Waals surface area contributed by atoms with Crippen LogP contribution < -0.4 is 5.73 Å². The molecule has 0 amide bonds. The van der Waals surface area contributed by atoms with Crippen molar-refractivity contribution in [3.05, 3.63) is 52.6 Å². The van der Waals surface area contributed by atoms with Gasteiger partial charge in [-0.25, -0.2) is 4.98 Å². The van der Waals surface area contributed by atoms with Gasteiger partial charge in [-0.05, 0) is 28.9 Å². The number of aryl methyl sites for hydroxylation is 1. The van der Waals surface area contributed by atoms with Gasteiger partial charge in [-0.15, -0.1) is 0 Å². The van der Waals surface area contributed by atoms with Crippen molar-refractivity contribution in [2.24, 2.45) is 0 Å². The quantitative estimate of drug-likeness (QED) is 0.770. The van der Waals surface area contributed by atoms with Crippen molar-refractivity contribution in [1.82, 2.24) is 10.1 Å². The van der Waals surface area contributed by atoms with Gasteiger partial charge in [0.15, 0.2) is 5.76 Å². The van der Waals surface area contributed by atoms with E-state index in [2.05, 4.69) is 26.1 Å². The first kappa shape index (κ1) is 12.9. The summed E-state index contributed by atoms with van der Waals surface area (Å²) < 4.78 is 6.22. The molecular formula is C15H12BrN3O. The second-order valence-corrected chi connectivity index (χ2v) is 5.44. The highest BCUT2D eigenvalue weighted by atomic mass is 79.9. The molecule has 0 radical (unpaired) electrons. The molecule has 0 saturated carbocycles. The minimum absolute atomic E-state index is 0.416. The van der Waals surface area contributed by atoms with E-state index >= 15 is 0 Å². The van der Waals surface area contributed by atoms with Crippen molar-refractivity contribution in [1.29, 1.82) is 0 Å². The summed E-state index contributed by atoms with van der Waals surface area (Å²) in [4.78, 5) is 4.09.